The van der Waals surface area contributed by atoms with Crippen molar-refractivity contribution in [3.8, 4) is 0 Å². The fourth-order valence-electron chi connectivity index (χ4n) is 6.64. The Morgan fingerprint density at radius 2 is 1.57 bits per heavy atom. The molecule has 1 heterocycles. The van der Waals surface area contributed by atoms with E-state index in [-0.39, 0.29) is 36.4 Å². The molecule has 51 heavy (non-hydrogen) atoms. The van der Waals surface area contributed by atoms with Crippen LogP contribution in [-0.2, 0) is 14.9 Å². The van der Waals surface area contributed by atoms with Gasteiger partial charge in [-0.05, 0) is 89.4 Å². The fourth-order valence-corrected chi connectivity index (χ4v) is 6.64. The number of carbonyl (C=O) groups excluding carboxylic acids is 3. The lowest BCUT2D eigenvalue weighted by molar-refractivity contribution is -0.123. The summed E-state index contributed by atoms with van der Waals surface area (Å²) in [5.74, 6) is -0.178. The summed E-state index contributed by atoms with van der Waals surface area (Å²) < 4.78 is 6.44. The van der Waals surface area contributed by atoms with Crippen LogP contribution in [0.5, 0.6) is 0 Å². The van der Waals surface area contributed by atoms with Crippen molar-refractivity contribution in [2.24, 2.45) is 16.5 Å². The first-order chi connectivity index (χ1) is 24.6. The summed E-state index contributed by atoms with van der Waals surface area (Å²) in [5.41, 5.74) is 12.7. The van der Waals surface area contributed by atoms with Gasteiger partial charge < -0.3 is 36.6 Å². The molecular formula is C40H53N7O4. The van der Waals surface area contributed by atoms with Crippen LogP contribution in [0.1, 0.15) is 67.4 Å². The van der Waals surface area contributed by atoms with Crippen LogP contribution in [0, 0.1) is 0 Å². The molecule has 1 aliphatic rings. The molecule has 3 aromatic carbocycles. The number of allylic oxidation sites excluding steroid dienone is 2. The van der Waals surface area contributed by atoms with Gasteiger partial charge in [0.15, 0.2) is 5.96 Å². The highest BCUT2D eigenvalue weighted by Crippen LogP contribution is 2.44. The summed E-state index contributed by atoms with van der Waals surface area (Å²) in [6, 6.07) is 28.1. The molecule has 1 aliphatic heterocycles. The minimum absolute atomic E-state index is 0.0319. The van der Waals surface area contributed by atoms with Gasteiger partial charge in [-0.25, -0.2) is 4.79 Å². The Hall–Kier alpha value is -5.16. The van der Waals surface area contributed by atoms with Gasteiger partial charge in [0.05, 0.1) is 11.5 Å². The summed E-state index contributed by atoms with van der Waals surface area (Å²) in [5, 5.41) is 5.85. The fraction of sp³-hybridized carbons (Fsp3) is 0.400. The summed E-state index contributed by atoms with van der Waals surface area (Å²) in [4.78, 5) is 48.5. The second-order valence-corrected chi connectivity index (χ2v) is 13.3. The molecule has 3 amide bonds. The Morgan fingerprint density at radius 3 is 2.12 bits per heavy atom. The van der Waals surface area contributed by atoms with Gasteiger partial charge in [-0.2, -0.15) is 0 Å². The monoisotopic (exact) mass is 695 g/mol. The van der Waals surface area contributed by atoms with Crippen molar-refractivity contribution in [1.82, 2.24) is 20.4 Å². The first-order valence-electron chi connectivity index (χ1n) is 17.7. The van der Waals surface area contributed by atoms with Gasteiger partial charge >= 0.3 is 6.09 Å². The molecule has 1 saturated heterocycles. The molecule has 4 rings (SSSR count). The van der Waals surface area contributed by atoms with Crippen LogP contribution >= 0.6 is 0 Å². The molecule has 1 fully saturated rings. The Kier molecular flexibility index (Phi) is 14.2. The second kappa shape index (κ2) is 18.7. The van der Waals surface area contributed by atoms with E-state index < -0.39 is 17.6 Å². The lowest BCUT2D eigenvalue weighted by atomic mass is 9.68. The molecule has 0 radical (unpaired) electrons. The van der Waals surface area contributed by atoms with E-state index in [1.54, 1.807) is 29.2 Å². The highest BCUT2D eigenvalue weighted by molar-refractivity contribution is 5.97. The Balaban J connectivity index is 1.53. The van der Waals surface area contributed by atoms with E-state index in [9.17, 15) is 14.4 Å². The number of nitrogens with zero attached hydrogens (tertiary/aromatic N) is 3. The van der Waals surface area contributed by atoms with Gasteiger partial charge in [-0.15, -0.1) is 0 Å². The molecule has 3 atom stereocenters. The molecule has 11 heteroatoms. The number of likely N-dealkylation sites (tertiary alicyclic amines) is 1. The zero-order valence-electron chi connectivity index (χ0n) is 30.3. The van der Waals surface area contributed by atoms with Gasteiger partial charge in [0.1, 0.15) is 11.8 Å². The van der Waals surface area contributed by atoms with Crippen LogP contribution in [0.4, 0.5) is 4.79 Å². The van der Waals surface area contributed by atoms with Crippen LogP contribution in [0.15, 0.2) is 108 Å². The SMILES string of the molecule is C/C=C(\OC(=O)N1CCCC1CNC(=O)C(CCCN=C(N)N)NC(=O)c1ccccc1)C(CC(C)N(C)C)(c1ccccc1)c1ccccc1. The van der Waals surface area contributed by atoms with Crippen molar-refractivity contribution in [3.63, 3.8) is 0 Å². The predicted molar refractivity (Wildman–Crippen MR) is 202 cm³/mol. The van der Waals surface area contributed by atoms with Crippen molar-refractivity contribution in [2.75, 3.05) is 33.7 Å². The summed E-state index contributed by atoms with van der Waals surface area (Å²) in [7, 11) is 4.11. The van der Waals surface area contributed by atoms with Gasteiger partial charge in [0.2, 0.25) is 5.91 Å². The highest BCUT2D eigenvalue weighted by Gasteiger charge is 2.43. The quantitative estimate of drug-likeness (QED) is 0.0727. The largest absolute Gasteiger partial charge is 0.415 e. The standard InChI is InChI=1S/C40H53N7O4/c1-5-35(40(27-29(2)46(3)4,31-19-11-7-12-20-31)32-21-13-8-14-22-32)51-39(50)47-26-16-23-33(47)28-44-37(49)34(24-15-25-43-38(41)42)45-36(48)30-17-9-6-10-18-30/h5-14,17-22,29,33-34H,15-16,23-28H2,1-4H3,(H,44,49)(H,45,48)(H4,41,42,43)/b35-5-. The van der Waals surface area contributed by atoms with E-state index >= 15 is 0 Å². The number of nitrogens with two attached hydrogens (primary N) is 2. The van der Waals surface area contributed by atoms with Gasteiger partial charge in [-0.1, -0.05) is 78.9 Å². The maximum Gasteiger partial charge on any atom is 0.415 e. The first-order valence-corrected chi connectivity index (χ1v) is 17.7. The number of nitrogens with one attached hydrogen (secondary N) is 2. The van der Waals surface area contributed by atoms with Crippen LogP contribution in [0.2, 0.25) is 0 Å². The lowest BCUT2D eigenvalue weighted by Gasteiger charge is -2.40. The number of benzene rings is 3. The number of guanidine groups is 1. The smallest absolute Gasteiger partial charge is 0.414 e. The van der Waals surface area contributed by atoms with Crippen LogP contribution in [0.25, 0.3) is 0 Å². The highest BCUT2D eigenvalue weighted by atomic mass is 16.6. The molecule has 0 spiro atoms. The van der Waals surface area contributed by atoms with E-state index in [0.717, 1.165) is 17.5 Å². The summed E-state index contributed by atoms with van der Waals surface area (Å²) >= 11 is 0. The molecule has 6 N–H and O–H groups in total. The molecular weight excluding hydrogens is 642 g/mol. The average Bonchev–Trinajstić information content (AvgIpc) is 3.63. The number of rotatable bonds is 16. The minimum Gasteiger partial charge on any atom is -0.414 e. The van der Waals surface area contributed by atoms with Gasteiger partial charge in [0, 0.05) is 31.2 Å². The number of amides is 3. The molecule has 0 saturated carbocycles. The predicted octanol–water partition coefficient (Wildman–Crippen LogP) is 4.79. The zero-order valence-corrected chi connectivity index (χ0v) is 30.3. The average molecular weight is 696 g/mol. The third kappa shape index (κ3) is 10.2. The lowest BCUT2D eigenvalue weighted by Crippen LogP contribution is -2.50. The molecule has 0 aromatic heterocycles. The van der Waals surface area contributed by atoms with Crippen molar-refractivity contribution in [1.29, 1.82) is 0 Å². The molecule has 3 aromatic rings. The van der Waals surface area contributed by atoms with Crippen LogP contribution < -0.4 is 22.1 Å². The number of ether oxygens (including phenoxy) is 1. The van der Waals surface area contributed by atoms with Crippen molar-refractivity contribution < 1.29 is 19.1 Å². The number of hydrogen-bond acceptors (Lipinski definition) is 6. The number of hydrogen-bond donors (Lipinski definition) is 4. The summed E-state index contributed by atoms with van der Waals surface area (Å²) in [6.45, 7) is 5.11. The van der Waals surface area contributed by atoms with Crippen molar-refractivity contribution in [2.45, 2.75) is 69.5 Å². The molecule has 0 aliphatic carbocycles. The Labute approximate surface area is 302 Å². The maximum atomic E-state index is 14.1. The van der Waals surface area contributed by atoms with Crippen molar-refractivity contribution in [3.05, 3.63) is 120 Å². The topological polar surface area (TPSA) is 155 Å². The first kappa shape index (κ1) is 38.6. The number of carbonyl (C=O) groups is 3. The summed E-state index contributed by atoms with van der Waals surface area (Å²) in [6.07, 6.45) is 4.39. The molecule has 3 unspecified atom stereocenters. The van der Waals surface area contributed by atoms with E-state index in [2.05, 4.69) is 65.8 Å². The molecule has 0 bridgehead atoms. The number of aliphatic imine (C=N–C) groups is 1. The van der Waals surface area contributed by atoms with E-state index in [1.165, 1.54) is 0 Å². The molecule has 272 valence electrons. The maximum absolute atomic E-state index is 14.1. The minimum atomic E-state index is -0.820. The van der Waals surface area contributed by atoms with E-state index in [4.69, 9.17) is 16.2 Å². The molecule has 11 nitrogen and oxygen atoms in total. The zero-order chi connectivity index (χ0) is 36.8. The third-order valence-electron chi connectivity index (χ3n) is 9.62. The second-order valence-electron chi connectivity index (χ2n) is 13.3. The third-order valence-corrected chi connectivity index (χ3v) is 9.62. The van der Waals surface area contributed by atoms with Gasteiger partial charge in [0.25, 0.3) is 5.91 Å². The Morgan fingerprint density at radius 1 is 0.980 bits per heavy atom. The van der Waals surface area contributed by atoms with Gasteiger partial charge in [-0.3, -0.25) is 14.6 Å². The van der Waals surface area contributed by atoms with E-state index in [0.29, 0.717) is 50.1 Å². The van der Waals surface area contributed by atoms with Crippen LogP contribution in [0.3, 0.4) is 0 Å². The van der Waals surface area contributed by atoms with Crippen LogP contribution in [-0.4, -0.2) is 85.5 Å². The Bertz CT molecular complexity index is 1590. The van der Waals surface area contributed by atoms with E-state index in [1.807, 2.05) is 55.5 Å². The normalized spacial score (nSPS) is 15.9. The van der Waals surface area contributed by atoms with Crippen molar-refractivity contribution >= 4 is 23.9 Å².